The molecule has 3 N–H and O–H groups in total. The maximum absolute atomic E-state index is 11.3. The van der Waals surface area contributed by atoms with Gasteiger partial charge in [0.2, 0.25) is 0 Å². The number of aliphatic carboxylic acids is 1. The van der Waals surface area contributed by atoms with E-state index in [0.29, 0.717) is 24.3 Å². The highest BCUT2D eigenvalue weighted by Gasteiger charge is 2.31. The molecule has 1 rings (SSSR count). The van der Waals surface area contributed by atoms with Crippen LogP contribution in [0.5, 0.6) is 11.5 Å². The first-order valence-corrected chi connectivity index (χ1v) is 6.86. The summed E-state index contributed by atoms with van der Waals surface area (Å²) in [6.45, 7) is 6.17. The van der Waals surface area contributed by atoms with Crippen LogP contribution in [0.25, 0.3) is 0 Å². The van der Waals surface area contributed by atoms with Crippen LogP contribution in [-0.4, -0.2) is 28.3 Å². The number of rotatable bonds is 8. The lowest BCUT2D eigenvalue weighted by atomic mass is 9.96. The molecule has 0 amide bonds. The van der Waals surface area contributed by atoms with Gasteiger partial charge in [-0.1, -0.05) is 25.5 Å². The minimum atomic E-state index is -0.997. The van der Waals surface area contributed by atoms with Gasteiger partial charge in [-0.15, -0.1) is 0 Å². The second-order valence-electron chi connectivity index (χ2n) is 4.94. The summed E-state index contributed by atoms with van der Waals surface area (Å²) in [6, 6.07) is 5.21. The Kier molecular flexibility index (Phi) is 5.82. The molecule has 1 aromatic rings. The Balaban J connectivity index is 2.83. The summed E-state index contributed by atoms with van der Waals surface area (Å²) in [5, 5.41) is 22.4. The fourth-order valence-corrected chi connectivity index (χ4v) is 2.04. The summed E-state index contributed by atoms with van der Waals surface area (Å²) < 4.78 is 5.31. The maximum Gasteiger partial charge on any atom is 0.323 e. The van der Waals surface area contributed by atoms with E-state index in [-0.39, 0.29) is 12.3 Å². The van der Waals surface area contributed by atoms with Gasteiger partial charge in [0.15, 0.2) is 11.5 Å². The topological polar surface area (TPSA) is 78.8 Å². The van der Waals surface area contributed by atoms with Gasteiger partial charge in [0.1, 0.15) is 5.54 Å². The molecule has 0 aliphatic carbocycles. The number of carbonyl (C=O) groups is 1. The first-order valence-electron chi connectivity index (χ1n) is 6.86. The number of phenolic OH excluding ortho intramolecular Hbond substituents is 1. The molecular weight excluding hydrogens is 258 g/mol. The van der Waals surface area contributed by atoms with Crippen molar-refractivity contribution < 1.29 is 19.7 Å². The molecule has 0 radical (unpaired) electrons. The fourth-order valence-electron chi connectivity index (χ4n) is 2.04. The molecule has 0 bridgehead atoms. The van der Waals surface area contributed by atoms with Crippen molar-refractivity contribution in [1.29, 1.82) is 0 Å². The van der Waals surface area contributed by atoms with E-state index in [1.165, 1.54) is 0 Å². The van der Waals surface area contributed by atoms with E-state index in [1.807, 2.05) is 13.8 Å². The van der Waals surface area contributed by atoms with E-state index >= 15 is 0 Å². The summed E-state index contributed by atoms with van der Waals surface area (Å²) in [5.41, 5.74) is -0.373. The van der Waals surface area contributed by atoms with Crippen molar-refractivity contribution in [3.63, 3.8) is 0 Å². The van der Waals surface area contributed by atoms with E-state index in [2.05, 4.69) is 5.32 Å². The molecular formula is C15H23NO4. The number of phenols is 1. The molecule has 112 valence electrons. The van der Waals surface area contributed by atoms with Gasteiger partial charge >= 0.3 is 5.97 Å². The summed E-state index contributed by atoms with van der Waals surface area (Å²) in [6.07, 6.45) is 1.29. The van der Waals surface area contributed by atoms with Crippen LogP contribution in [-0.2, 0) is 11.3 Å². The van der Waals surface area contributed by atoms with Gasteiger partial charge in [0.25, 0.3) is 0 Å². The molecule has 0 spiro atoms. The van der Waals surface area contributed by atoms with Gasteiger partial charge in [0.05, 0.1) is 6.61 Å². The van der Waals surface area contributed by atoms with E-state index < -0.39 is 11.5 Å². The van der Waals surface area contributed by atoms with E-state index in [9.17, 15) is 15.0 Å². The van der Waals surface area contributed by atoms with Crippen LogP contribution in [0.2, 0.25) is 0 Å². The highest BCUT2D eigenvalue weighted by atomic mass is 16.5. The molecule has 0 heterocycles. The van der Waals surface area contributed by atoms with Gasteiger partial charge in [-0.05, 0) is 26.3 Å². The van der Waals surface area contributed by atoms with Gasteiger partial charge in [-0.3, -0.25) is 10.1 Å². The third-order valence-electron chi connectivity index (χ3n) is 3.27. The lowest BCUT2D eigenvalue weighted by molar-refractivity contribution is -0.144. The van der Waals surface area contributed by atoms with Gasteiger partial charge in [0, 0.05) is 12.1 Å². The number of hydrogen-bond acceptors (Lipinski definition) is 4. The zero-order valence-electron chi connectivity index (χ0n) is 12.3. The SMILES string of the molecule is CCCC(C)(NCc1cccc(OCC)c1O)C(=O)O. The normalized spacial score (nSPS) is 13.8. The first kappa shape index (κ1) is 16.3. The van der Waals surface area contributed by atoms with Gasteiger partial charge < -0.3 is 14.9 Å². The molecule has 0 aliphatic rings. The van der Waals surface area contributed by atoms with E-state index in [1.54, 1.807) is 25.1 Å². The van der Waals surface area contributed by atoms with Crippen molar-refractivity contribution in [3.05, 3.63) is 23.8 Å². The quantitative estimate of drug-likeness (QED) is 0.682. The van der Waals surface area contributed by atoms with Crippen LogP contribution in [0.15, 0.2) is 18.2 Å². The number of benzene rings is 1. The number of para-hydroxylation sites is 1. The molecule has 1 atom stereocenters. The Morgan fingerprint density at radius 1 is 1.40 bits per heavy atom. The molecule has 1 unspecified atom stereocenters. The van der Waals surface area contributed by atoms with Crippen LogP contribution in [0.4, 0.5) is 0 Å². The summed E-state index contributed by atoms with van der Waals surface area (Å²) in [7, 11) is 0. The minimum Gasteiger partial charge on any atom is -0.504 e. The van der Waals surface area contributed by atoms with Crippen molar-refractivity contribution in [2.45, 2.75) is 45.7 Å². The average Bonchev–Trinajstić information content (AvgIpc) is 2.40. The molecule has 0 saturated carbocycles. The van der Waals surface area contributed by atoms with Crippen molar-refractivity contribution in [2.24, 2.45) is 0 Å². The van der Waals surface area contributed by atoms with Crippen LogP contribution in [0, 0.1) is 0 Å². The second-order valence-corrected chi connectivity index (χ2v) is 4.94. The molecule has 0 fully saturated rings. The highest BCUT2D eigenvalue weighted by molar-refractivity contribution is 5.78. The Morgan fingerprint density at radius 3 is 2.65 bits per heavy atom. The lowest BCUT2D eigenvalue weighted by Gasteiger charge is -2.26. The minimum absolute atomic E-state index is 0.0612. The van der Waals surface area contributed by atoms with Crippen molar-refractivity contribution >= 4 is 5.97 Å². The maximum atomic E-state index is 11.3. The standard InChI is InChI=1S/C15H23NO4/c1-4-9-15(3,14(18)19)16-10-11-7-6-8-12(13(11)17)20-5-2/h6-8,16-17H,4-5,9-10H2,1-3H3,(H,18,19). The number of carboxylic acids is 1. The molecule has 1 aromatic carbocycles. The summed E-state index contributed by atoms with van der Waals surface area (Å²) in [5.74, 6) is -0.412. The monoisotopic (exact) mass is 281 g/mol. The third kappa shape index (κ3) is 3.87. The Bertz CT molecular complexity index is 461. The van der Waals surface area contributed by atoms with Crippen LogP contribution < -0.4 is 10.1 Å². The van der Waals surface area contributed by atoms with Crippen LogP contribution in [0.3, 0.4) is 0 Å². The Hall–Kier alpha value is -1.75. The average molecular weight is 281 g/mol. The zero-order chi connectivity index (χ0) is 15.2. The molecule has 5 heteroatoms. The van der Waals surface area contributed by atoms with E-state index in [4.69, 9.17) is 4.74 Å². The zero-order valence-corrected chi connectivity index (χ0v) is 12.3. The Morgan fingerprint density at radius 2 is 2.10 bits per heavy atom. The van der Waals surface area contributed by atoms with Gasteiger partial charge in [-0.2, -0.15) is 0 Å². The van der Waals surface area contributed by atoms with Crippen LogP contribution >= 0.6 is 0 Å². The smallest absolute Gasteiger partial charge is 0.323 e. The molecule has 0 aromatic heterocycles. The van der Waals surface area contributed by atoms with Crippen molar-refractivity contribution in [1.82, 2.24) is 5.32 Å². The van der Waals surface area contributed by atoms with Crippen molar-refractivity contribution in [2.75, 3.05) is 6.61 Å². The lowest BCUT2D eigenvalue weighted by Crippen LogP contribution is -2.48. The fraction of sp³-hybridized carbons (Fsp3) is 0.533. The molecule has 5 nitrogen and oxygen atoms in total. The first-order chi connectivity index (χ1) is 9.44. The number of carboxylic acid groups (broad SMARTS) is 1. The molecule has 0 saturated heterocycles. The Labute approximate surface area is 119 Å². The number of ether oxygens (including phenoxy) is 1. The predicted molar refractivity (Wildman–Crippen MR) is 77.1 cm³/mol. The number of nitrogens with one attached hydrogen (secondary N) is 1. The summed E-state index contributed by atoms with van der Waals surface area (Å²) in [4.78, 5) is 11.3. The van der Waals surface area contributed by atoms with Crippen LogP contribution in [0.1, 0.15) is 39.2 Å². The largest absolute Gasteiger partial charge is 0.504 e. The molecule has 0 aliphatic heterocycles. The number of hydrogen-bond donors (Lipinski definition) is 3. The van der Waals surface area contributed by atoms with E-state index in [0.717, 1.165) is 6.42 Å². The predicted octanol–water partition coefficient (Wildman–Crippen LogP) is 2.52. The second kappa shape index (κ2) is 7.14. The summed E-state index contributed by atoms with van der Waals surface area (Å²) >= 11 is 0. The van der Waals surface area contributed by atoms with Crippen molar-refractivity contribution in [3.8, 4) is 11.5 Å². The third-order valence-corrected chi connectivity index (χ3v) is 3.27. The van der Waals surface area contributed by atoms with Gasteiger partial charge in [-0.25, -0.2) is 0 Å². The molecule has 20 heavy (non-hydrogen) atoms. The number of aromatic hydroxyl groups is 1. The highest BCUT2D eigenvalue weighted by Crippen LogP contribution is 2.30.